The highest BCUT2D eigenvalue weighted by molar-refractivity contribution is 7.89. The molecule has 1 saturated heterocycles. The van der Waals surface area contributed by atoms with Crippen molar-refractivity contribution in [3.63, 3.8) is 0 Å². The van der Waals surface area contributed by atoms with Gasteiger partial charge in [-0.2, -0.15) is 4.31 Å². The summed E-state index contributed by atoms with van der Waals surface area (Å²) in [5.41, 5.74) is 6.30. The van der Waals surface area contributed by atoms with E-state index in [9.17, 15) is 8.42 Å². The van der Waals surface area contributed by atoms with E-state index in [1.165, 1.54) is 22.8 Å². The van der Waals surface area contributed by atoms with E-state index in [-0.39, 0.29) is 11.4 Å². The maximum atomic E-state index is 12.6. The molecule has 1 aliphatic heterocycles. The Labute approximate surface area is 128 Å². The van der Waals surface area contributed by atoms with E-state index < -0.39 is 16.1 Å². The molecule has 1 unspecified atom stereocenters. The molecular weight excluding hydrogens is 304 g/mol. The van der Waals surface area contributed by atoms with Crippen LogP contribution in [-0.4, -0.2) is 42.4 Å². The summed E-state index contributed by atoms with van der Waals surface area (Å²) >= 11 is 0. The van der Waals surface area contributed by atoms with Gasteiger partial charge in [-0.3, -0.25) is 4.98 Å². The molecule has 22 heavy (non-hydrogen) atoms. The molecule has 2 N–H and O–H groups in total. The molecule has 1 atom stereocenters. The summed E-state index contributed by atoms with van der Waals surface area (Å²) in [6.07, 6.45) is 2.46. The first-order chi connectivity index (χ1) is 10.6. The molecule has 1 fully saturated rings. The van der Waals surface area contributed by atoms with Crippen molar-refractivity contribution in [3.05, 3.63) is 48.4 Å². The Balaban J connectivity index is 1.84. The molecule has 0 radical (unpaired) electrons. The highest BCUT2D eigenvalue weighted by Crippen LogP contribution is 2.25. The third kappa shape index (κ3) is 2.94. The van der Waals surface area contributed by atoms with Crippen molar-refractivity contribution in [1.82, 2.24) is 14.3 Å². The van der Waals surface area contributed by atoms with Crippen molar-refractivity contribution >= 4 is 15.8 Å². The van der Waals surface area contributed by atoms with Gasteiger partial charge in [0.25, 0.3) is 0 Å². The van der Waals surface area contributed by atoms with Gasteiger partial charge in [0, 0.05) is 25.5 Å². The molecule has 2 aromatic rings. The van der Waals surface area contributed by atoms with Gasteiger partial charge in [-0.25, -0.2) is 13.4 Å². The van der Waals surface area contributed by atoms with Crippen molar-refractivity contribution < 1.29 is 13.2 Å². The number of nitrogens with zero attached hydrogens (tertiary/aromatic N) is 3. The van der Waals surface area contributed by atoms with Crippen LogP contribution in [0.4, 0.5) is 5.82 Å². The number of morpholine rings is 1. The van der Waals surface area contributed by atoms with Crippen molar-refractivity contribution in [1.29, 1.82) is 0 Å². The van der Waals surface area contributed by atoms with Crippen LogP contribution in [0.1, 0.15) is 11.8 Å². The summed E-state index contributed by atoms with van der Waals surface area (Å²) in [5, 5.41) is 0. The molecule has 3 rings (SSSR count). The lowest BCUT2D eigenvalue weighted by Gasteiger charge is -2.31. The van der Waals surface area contributed by atoms with Gasteiger partial charge in [-0.05, 0) is 24.3 Å². The van der Waals surface area contributed by atoms with Crippen LogP contribution in [0.25, 0.3) is 0 Å². The topological polar surface area (TPSA) is 98.4 Å². The van der Waals surface area contributed by atoms with Crippen LogP contribution in [-0.2, 0) is 14.8 Å². The Hall–Kier alpha value is -2.03. The van der Waals surface area contributed by atoms with E-state index in [4.69, 9.17) is 10.5 Å². The number of hydrogen-bond acceptors (Lipinski definition) is 6. The first kappa shape index (κ1) is 14.9. The van der Waals surface area contributed by atoms with Gasteiger partial charge in [0.05, 0.1) is 12.3 Å². The van der Waals surface area contributed by atoms with Gasteiger partial charge in [0.1, 0.15) is 16.8 Å². The van der Waals surface area contributed by atoms with Gasteiger partial charge in [-0.1, -0.05) is 6.07 Å². The summed E-state index contributed by atoms with van der Waals surface area (Å²) in [4.78, 5) is 8.25. The molecule has 8 heteroatoms. The Bertz CT molecular complexity index is 752. The van der Waals surface area contributed by atoms with Gasteiger partial charge in [-0.15, -0.1) is 0 Å². The summed E-state index contributed by atoms with van der Waals surface area (Å²) in [5.74, 6) is 0.383. The molecule has 0 aliphatic carbocycles. The summed E-state index contributed by atoms with van der Waals surface area (Å²) in [6, 6.07) is 8.36. The zero-order chi connectivity index (χ0) is 15.6. The van der Waals surface area contributed by atoms with E-state index in [2.05, 4.69) is 9.97 Å². The number of aromatic nitrogens is 2. The number of nitrogen functional groups attached to an aromatic ring is 1. The summed E-state index contributed by atoms with van der Waals surface area (Å²) < 4.78 is 32.3. The van der Waals surface area contributed by atoms with Gasteiger partial charge >= 0.3 is 0 Å². The van der Waals surface area contributed by atoms with Crippen LogP contribution in [0.5, 0.6) is 0 Å². The average Bonchev–Trinajstić information content (AvgIpc) is 2.56. The second kappa shape index (κ2) is 5.99. The predicted octanol–water partition coefficient (Wildman–Crippen LogP) is 0.821. The number of anilines is 1. The Kier molecular flexibility index (Phi) is 4.06. The molecule has 116 valence electrons. The first-order valence-corrected chi connectivity index (χ1v) is 8.25. The van der Waals surface area contributed by atoms with E-state index in [0.717, 1.165) is 0 Å². The smallest absolute Gasteiger partial charge is 0.244 e. The number of pyridine rings is 2. The molecule has 7 nitrogen and oxygen atoms in total. The lowest BCUT2D eigenvalue weighted by Crippen LogP contribution is -2.42. The molecule has 0 bridgehead atoms. The predicted molar refractivity (Wildman–Crippen MR) is 80.3 cm³/mol. The average molecular weight is 320 g/mol. The summed E-state index contributed by atoms with van der Waals surface area (Å²) in [6.45, 7) is 0.810. The lowest BCUT2D eigenvalue weighted by molar-refractivity contribution is -0.00486. The minimum atomic E-state index is -3.58. The van der Waals surface area contributed by atoms with Crippen molar-refractivity contribution in [2.45, 2.75) is 11.0 Å². The standard InChI is InChI=1S/C14H16N4O3S/c15-14-5-1-4-12(17-14)13-10-18(7-8-21-13)22(19,20)11-3-2-6-16-9-11/h1-6,9,13H,7-8,10H2,(H2,15,17). The van der Waals surface area contributed by atoms with Crippen LogP contribution in [0.2, 0.25) is 0 Å². The molecule has 0 amide bonds. The third-order valence-corrected chi connectivity index (χ3v) is 5.27. The number of nitrogens with two attached hydrogens (primary N) is 1. The normalized spacial score (nSPS) is 19.9. The van der Waals surface area contributed by atoms with Gasteiger partial charge in [0.2, 0.25) is 10.0 Å². The Morgan fingerprint density at radius 3 is 2.86 bits per heavy atom. The van der Waals surface area contributed by atoms with Crippen LogP contribution < -0.4 is 5.73 Å². The fourth-order valence-electron chi connectivity index (χ4n) is 2.32. The Morgan fingerprint density at radius 1 is 1.27 bits per heavy atom. The molecule has 2 aromatic heterocycles. The zero-order valence-corrected chi connectivity index (χ0v) is 12.6. The quantitative estimate of drug-likeness (QED) is 0.899. The molecule has 1 aliphatic rings. The second-order valence-corrected chi connectivity index (χ2v) is 6.84. The van der Waals surface area contributed by atoms with Crippen LogP contribution in [0.3, 0.4) is 0 Å². The number of hydrogen-bond donors (Lipinski definition) is 1. The van der Waals surface area contributed by atoms with Gasteiger partial charge in [0.15, 0.2) is 0 Å². The number of rotatable bonds is 3. The first-order valence-electron chi connectivity index (χ1n) is 6.81. The summed E-state index contributed by atoms with van der Waals surface area (Å²) in [7, 11) is -3.58. The minimum Gasteiger partial charge on any atom is -0.384 e. The maximum Gasteiger partial charge on any atom is 0.244 e. The SMILES string of the molecule is Nc1cccc(C2CN(S(=O)(=O)c3cccnc3)CCO2)n1. The monoisotopic (exact) mass is 320 g/mol. The maximum absolute atomic E-state index is 12.6. The fourth-order valence-corrected chi connectivity index (χ4v) is 3.71. The van der Waals surface area contributed by atoms with Crippen molar-refractivity contribution in [2.75, 3.05) is 25.4 Å². The van der Waals surface area contributed by atoms with Crippen molar-refractivity contribution in [3.8, 4) is 0 Å². The Morgan fingerprint density at radius 2 is 2.14 bits per heavy atom. The number of sulfonamides is 1. The second-order valence-electron chi connectivity index (χ2n) is 4.90. The zero-order valence-electron chi connectivity index (χ0n) is 11.8. The van der Waals surface area contributed by atoms with Gasteiger partial charge < -0.3 is 10.5 Å². The van der Waals surface area contributed by atoms with E-state index in [0.29, 0.717) is 24.7 Å². The van der Waals surface area contributed by atoms with E-state index in [1.807, 2.05) is 0 Å². The van der Waals surface area contributed by atoms with E-state index in [1.54, 1.807) is 24.3 Å². The largest absolute Gasteiger partial charge is 0.384 e. The highest BCUT2D eigenvalue weighted by atomic mass is 32.2. The lowest BCUT2D eigenvalue weighted by atomic mass is 10.2. The van der Waals surface area contributed by atoms with Crippen LogP contribution >= 0.6 is 0 Å². The van der Waals surface area contributed by atoms with Crippen molar-refractivity contribution in [2.24, 2.45) is 0 Å². The third-order valence-electron chi connectivity index (χ3n) is 3.42. The fraction of sp³-hybridized carbons (Fsp3) is 0.286. The van der Waals surface area contributed by atoms with Crippen LogP contribution in [0, 0.1) is 0 Å². The molecular formula is C14H16N4O3S. The molecule has 0 spiro atoms. The molecule has 0 aromatic carbocycles. The highest BCUT2D eigenvalue weighted by Gasteiger charge is 2.32. The van der Waals surface area contributed by atoms with Crippen LogP contribution in [0.15, 0.2) is 47.6 Å². The minimum absolute atomic E-state index is 0.177. The molecule has 3 heterocycles. The molecule has 0 saturated carbocycles. The number of ether oxygens (including phenoxy) is 1. The van der Waals surface area contributed by atoms with E-state index >= 15 is 0 Å².